The van der Waals surface area contributed by atoms with E-state index in [4.69, 9.17) is 16.3 Å². The second-order valence-electron chi connectivity index (χ2n) is 5.99. The molecular formula is C19H23ClN2O4S. The van der Waals surface area contributed by atoms with Gasteiger partial charge in [0, 0.05) is 11.6 Å². The lowest BCUT2D eigenvalue weighted by molar-refractivity contribution is -0.119. The van der Waals surface area contributed by atoms with E-state index in [-0.39, 0.29) is 23.1 Å². The smallest absolute Gasteiger partial charge is 0.268 e. The molecular weight excluding hydrogens is 388 g/mol. The van der Waals surface area contributed by atoms with Gasteiger partial charge < -0.3 is 10.1 Å². The van der Waals surface area contributed by atoms with Crippen LogP contribution < -0.4 is 14.4 Å². The van der Waals surface area contributed by atoms with Gasteiger partial charge in [0.1, 0.15) is 17.2 Å². The first kappa shape index (κ1) is 21.1. The van der Waals surface area contributed by atoms with Crippen molar-refractivity contribution in [3.8, 4) is 5.75 Å². The maximum absolute atomic E-state index is 13.4. The summed E-state index contributed by atoms with van der Waals surface area (Å²) in [5.41, 5.74) is 1.11. The SMILES string of the molecule is CCCNC(=O)CN(c1ccc(Cl)cc1)S(=O)(=O)c1cc(C)ccc1OC. The molecule has 0 aliphatic rings. The number of rotatable bonds is 8. The van der Waals surface area contributed by atoms with Gasteiger partial charge >= 0.3 is 0 Å². The predicted molar refractivity (Wildman–Crippen MR) is 107 cm³/mol. The molecule has 6 nitrogen and oxygen atoms in total. The summed E-state index contributed by atoms with van der Waals surface area (Å²) >= 11 is 5.92. The first-order valence-electron chi connectivity index (χ1n) is 8.49. The molecule has 27 heavy (non-hydrogen) atoms. The van der Waals surface area contributed by atoms with Gasteiger partial charge in [-0.05, 0) is 55.3 Å². The summed E-state index contributed by atoms with van der Waals surface area (Å²) in [5, 5.41) is 3.18. The third kappa shape index (κ3) is 5.14. The van der Waals surface area contributed by atoms with Gasteiger partial charge in [-0.2, -0.15) is 0 Å². The van der Waals surface area contributed by atoms with Crippen LogP contribution in [0, 0.1) is 6.92 Å². The van der Waals surface area contributed by atoms with Gasteiger partial charge in [-0.3, -0.25) is 9.10 Å². The molecule has 0 bridgehead atoms. The van der Waals surface area contributed by atoms with Crippen LogP contribution in [0.4, 0.5) is 5.69 Å². The van der Waals surface area contributed by atoms with Crippen molar-refractivity contribution < 1.29 is 17.9 Å². The number of hydrogen-bond donors (Lipinski definition) is 1. The van der Waals surface area contributed by atoms with Gasteiger partial charge in [-0.25, -0.2) is 8.42 Å². The lowest BCUT2D eigenvalue weighted by Crippen LogP contribution is -2.41. The Balaban J connectivity index is 2.52. The van der Waals surface area contributed by atoms with Crippen LogP contribution in [-0.2, 0) is 14.8 Å². The fourth-order valence-electron chi connectivity index (χ4n) is 2.48. The summed E-state index contributed by atoms with van der Waals surface area (Å²) in [4.78, 5) is 12.3. The first-order valence-corrected chi connectivity index (χ1v) is 10.3. The van der Waals surface area contributed by atoms with E-state index in [0.717, 1.165) is 16.3 Å². The third-order valence-corrected chi connectivity index (χ3v) is 5.91. The highest BCUT2D eigenvalue weighted by Gasteiger charge is 2.30. The molecule has 0 saturated carbocycles. The molecule has 0 aliphatic heterocycles. The van der Waals surface area contributed by atoms with E-state index in [1.807, 2.05) is 6.92 Å². The molecule has 2 rings (SSSR count). The molecule has 0 heterocycles. The van der Waals surface area contributed by atoms with Crippen molar-refractivity contribution in [1.82, 2.24) is 5.32 Å². The fraction of sp³-hybridized carbons (Fsp3) is 0.316. The third-order valence-electron chi connectivity index (χ3n) is 3.86. The highest BCUT2D eigenvalue weighted by atomic mass is 35.5. The molecule has 0 fully saturated rings. The standard InChI is InChI=1S/C19H23ClN2O4S/c1-4-11-21-19(23)13-22(16-8-6-15(20)7-9-16)27(24,25)18-12-14(2)5-10-17(18)26-3/h5-10,12H,4,11,13H2,1-3H3,(H,21,23). The molecule has 0 unspecified atom stereocenters. The van der Waals surface area contributed by atoms with Gasteiger partial charge in [0.2, 0.25) is 5.91 Å². The van der Waals surface area contributed by atoms with Crippen LogP contribution in [-0.4, -0.2) is 34.5 Å². The summed E-state index contributed by atoms with van der Waals surface area (Å²) in [7, 11) is -2.64. The predicted octanol–water partition coefficient (Wildman–Crippen LogP) is 3.38. The number of halogens is 1. The highest BCUT2D eigenvalue weighted by Crippen LogP contribution is 2.31. The summed E-state index contributed by atoms with van der Waals surface area (Å²) in [5.74, 6) is -0.171. The zero-order chi connectivity index (χ0) is 20.0. The topological polar surface area (TPSA) is 75.7 Å². The molecule has 0 saturated heterocycles. The Morgan fingerprint density at radius 3 is 2.44 bits per heavy atom. The van der Waals surface area contributed by atoms with E-state index in [1.165, 1.54) is 13.2 Å². The van der Waals surface area contributed by atoms with Gasteiger partial charge in [0.15, 0.2) is 0 Å². The number of aryl methyl sites for hydroxylation is 1. The normalized spacial score (nSPS) is 11.1. The van der Waals surface area contributed by atoms with E-state index in [1.54, 1.807) is 43.3 Å². The van der Waals surface area contributed by atoms with Gasteiger partial charge in [-0.15, -0.1) is 0 Å². The number of benzene rings is 2. The molecule has 1 N–H and O–H groups in total. The van der Waals surface area contributed by atoms with Crippen molar-refractivity contribution in [3.05, 3.63) is 53.1 Å². The number of hydrogen-bond acceptors (Lipinski definition) is 4. The van der Waals surface area contributed by atoms with Crippen LogP contribution in [0.2, 0.25) is 5.02 Å². The van der Waals surface area contributed by atoms with Crippen LogP contribution in [0.15, 0.2) is 47.4 Å². The Kier molecular flexibility index (Phi) is 7.10. The lowest BCUT2D eigenvalue weighted by Gasteiger charge is -2.25. The van der Waals surface area contributed by atoms with E-state index in [2.05, 4.69) is 5.32 Å². The Bertz CT molecular complexity index is 898. The van der Waals surface area contributed by atoms with Gasteiger partial charge in [0.05, 0.1) is 12.8 Å². The molecule has 2 aromatic rings. The minimum Gasteiger partial charge on any atom is -0.495 e. The molecule has 2 aromatic carbocycles. The molecule has 0 atom stereocenters. The number of carbonyl (C=O) groups excluding carboxylic acids is 1. The Hall–Kier alpha value is -2.25. The number of amides is 1. The Labute approximate surface area is 165 Å². The van der Waals surface area contributed by atoms with E-state index in [0.29, 0.717) is 17.3 Å². The lowest BCUT2D eigenvalue weighted by atomic mass is 10.2. The van der Waals surface area contributed by atoms with Crippen molar-refractivity contribution in [2.24, 2.45) is 0 Å². The van der Waals surface area contributed by atoms with E-state index < -0.39 is 10.0 Å². The minimum absolute atomic E-state index is 0.00300. The van der Waals surface area contributed by atoms with Crippen LogP contribution >= 0.6 is 11.6 Å². The van der Waals surface area contributed by atoms with Crippen LogP contribution in [0.1, 0.15) is 18.9 Å². The number of sulfonamides is 1. The second kappa shape index (κ2) is 9.10. The van der Waals surface area contributed by atoms with E-state index in [9.17, 15) is 13.2 Å². The Morgan fingerprint density at radius 2 is 1.85 bits per heavy atom. The summed E-state index contributed by atoms with van der Waals surface area (Å²) < 4.78 is 33.1. The molecule has 0 aromatic heterocycles. The van der Waals surface area contributed by atoms with Crippen molar-refractivity contribution >= 4 is 33.2 Å². The first-order chi connectivity index (χ1) is 12.8. The summed E-state index contributed by atoms with van der Waals surface area (Å²) in [6.45, 7) is 3.84. The quantitative estimate of drug-likeness (QED) is 0.723. The van der Waals surface area contributed by atoms with E-state index >= 15 is 0 Å². The summed E-state index contributed by atoms with van der Waals surface area (Å²) in [6, 6.07) is 11.2. The highest BCUT2D eigenvalue weighted by molar-refractivity contribution is 7.93. The fourth-order valence-corrected chi connectivity index (χ4v) is 4.27. The monoisotopic (exact) mass is 410 g/mol. The molecule has 8 heteroatoms. The zero-order valence-corrected chi connectivity index (χ0v) is 17.1. The maximum atomic E-state index is 13.4. The number of ether oxygens (including phenoxy) is 1. The van der Waals surface area contributed by atoms with Crippen molar-refractivity contribution in [3.63, 3.8) is 0 Å². The molecule has 0 spiro atoms. The molecule has 1 amide bonds. The van der Waals surface area contributed by atoms with Gasteiger partial charge in [0.25, 0.3) is 10.0 Å². The van der Waals surface area contributed by atoms with Gasteiger partial charge in [-0.1, -0.05) is 24.6 Å². The van der Waals surface area contributed by atoms with Crippen molar-refractivity contribution in [1.29, 1.82) is 0 Å². The van der Waals surface area contributed by atoms with Crippen LogP contribution in [0.3, 0.4) is 0 Å². The average Bonchev–Trinajstić information content (AvgIpc) is 2.65. The molecule has 146 valence electrons. The zero-order valence-electron chi connectivity index (χ0n) is 15.5. The molecule has 0 aliphatic carbocycles. The maximum Gasteiger partial charge on any atom is 0.268 e. The number of methoxy groups -OCH3 is 1. The number of nitrogens with one attached hydrogen (secondary N) is 1. The Morgan fingerprint density at radius 1 is 1.19 bits per heavy atom. The second-order valence-corrected chi connectivity index (χ2v) is 8.26. The van der Waals surface area contributed by atoms with Crippen molar-refractivity contribution in [2.45, 2.75) is 25.2 Å². The molecule has 0 radical (unpaired) electrons. The average molecular weight is 411 g/mol. The van der Waals surface area contributed by atoms with Crippen LogP contribution in [0.5, 0.6) is 5.75 Å². The number of nitrogens with zero attached hydrogens (tertiary/aromatic N) is 1. The number of anilines is 1. The van der Waals surface area contributed by atoms with Crippen LogP contribution in [0.25, 0.3) is 0 Å². The summed E-state index contributed by atoms with van der Waals surface area (Å²) in [6.07, 6.45) is 0.755. The minimum atomic E-state index is -4.05. The largest absolute Gasteiger partial charge is 0.495 e. The number of carbonyl (C=O) groups is 1. The van der Waals surface area contributed by atoms with Crippen molar-refractivity contribution in [2.75, 3.05) is 24.5 Å².